The van der Waals surface area contributed by atoms with Gasteiger partial charge in [-0.1, -0.05) is 62.1 Å². The smallest absolute Gasteiger partial charge is 0.317 e. The van der Waals surface area contributed by atoms with Crippen molar-refractivity contribution in [2.45, 2.75) is 19.6 Å². The third-order valence-electron chi connectivity index (χ3n) is 4.35. The molecule has 1 aliphatic heterocycles. The molecule has 1 heterocycles. The van der Waals surface area contributed by atoms with Crippen molar-refractivity contribution in [3.63, 3.8) is 0 Å². The van der Waals surface area contributed by atoms with Gasteiger partial charge in [-0.3, -0.25) is 0 Å². The Morgan fingerprint density at radius 3 is 2.42 bits per heavy atom. The van der Waals surface area contributed by atoms with Gasteiger partial charge in [-0.15, -0.1) is 0 Å². The Kier molecular flexibility index (Phi) is 3.50. The maximum atomic E-state index is 6.22. The van der Waals surface area contributed by atoms with E-state index in [1.54, 1.807) is 0 Å². The summed E-state index contributed by atoms with van der Waals surface area (Å²) in [6, 6.07) is 20.9. The van der Waals surface area contributed by atoms with Gasteiger partial charge in [-0.05, 0) is 26.7 Å². The highest BCUT2D eigenvalue weighted by molar-refractivity contribution is 6.91. The predicted molar refractivity (Wildman–Crippen MR) is 101 cm³/mol. The van der Waals surface area contributed by atoms with Gasteiger partial charge in [0.15, 0.2) is 11.4 Å². The van der Waals surface area contributed by atoms with Crippen LogP contribution in [0.15, 0.2) is 65.8 Å². The number of fused-ring (bicyclic) bond motifs is 2. The Morgan fingerprint density at radius 1 is 0.958 bits per heavy atom. The zero-order chi connectivity index (χ0) is 16.7. The van der Waals surface area contributed by atoms with Gasteiger partial charge in [-0.2, -0.15) is 0 Å². The third-order valence-corrected chi connectivity index (χ3v) is 6.34. The molecule has 0 unspecified atom stereocenters. The number of rotatable bonds is 2. The SMILES string of the molecule is C[Si](C)(C)c1c2c(cc3ccccc13)N=[N+](c1ccccc1)CO2. The minimum Gasteiger partial charge on any atom is -0.431 e. The number of para-hydroxylation sites is 1. The van der Waals surface area contributed by atoms with Crippen LogP contribution in [0.25, 0.3) is 10.8 Å². The largest absolute Gasteiger partial charge is 0.431 e. The van der Waals surface area contributed by atoms with Crippen LogP contribution in [0.4, 0.5) is 11.4 Å². The molecule has 0 N–H and O–H groups in total. The molecule has 0 bridgehead atoms. The van der Waals surface area contributed by atoms with Gasteiger partial charge in [-0.25, -0.2) is 0 Å². The third kappa shape index (κ3) is 2.53. The summed E-state index contributed by atoms with van der Waals surface area (Å²) >= 11 is 0. The summed E-state index contributed by atoms with van der Waals surface area (Å²) in [7, 11) is -1.58. The molecule has 3 aromatic carbocycles. The van der Waals surface area contributed by atoms with Gasteiger partial charge in [0.1, 0.15) is 0 Å². The van der Waals surface area contributed by atoms with Gasteiger partial charge < -0.3 is 4.74 Å². The van der Waals surface area contributed by atoms with Crippen molar-refractivity contribution < 1.29 is 9.43 Å². The van der Waals surface area contributed by atoms with Crippen LogP contribution in [0, 0.1) is 0 Å². The lowest BCUT2D eigenvalue weighted by atomic mass is 10.1. The maximum absolute atomic E-state index is 6.22. The highest BCUT2D eigenvalue weighted by Gasteiger charge is 2.31. The second-order valence-electron chi connectivity index (χ2n) is 7.18. The molecule has 4 heteroatoms. The van der Waals surface area contributed by atoms with Crippen molar-refractivity contribution in [1.29, 1.82) is 0 Å². The molecule has 0 fully saturated rings. The van der Waals surface area contributed by atoms with E-state index in [9.17, 15) is 0 Å². The van der Waals surface area contributed by atoms with E-state index in [1.807, 2.05) is 22.9 Å². The molecule has 3 nitrogen and oxygen atoms in total. The van der Waals surface area contributed by atoms with E-state index >= 15 is 0 Å². The number of hydrogen-bond acceptors (Lipinski definition) is 2. The van der Waals surface area contributed by atoms with E-state index in [-0.39, 0.29) is 0 Å². The molecule has 4 rings (SSSR count). The lowest BCUT2D eigenvalue weighted by Gasteiger charge is -2.25. The molecule has 3 aromatic rings. The van der Waals surface area contributed by atoms with Crippen LogP contribution in [0.5, 0.6) is 5.75 Å². The number of nitrogens with zero attached hydrogens (tertiary/aromatic N) is 2. The number of hydrogen-bond donors (Lipinski definition) is 0. The monoisotopic (exact) mass is 333 g/mol. The van der Waals surface area contributed by atoms with Gasteiger partial charge in [0.25, 0.3) is 0 Å². The maximum Gasteiger partial charge on any atom is 0.317 e. The van der Waals surface area contributed by atoms with Crippen molar-refractivity contribution in [1.82, 2.24) is 0 Å². The molecule has 0 spiro atoms. The zero-order valence-electron chi connectivity index (χ0n) is 14.3. The van der Waals surface area contributed by atoms with Gasteiger partial charge in [0, 0.05) is 17.2 Å². The quantitative estimate of drug-likeness (QED) is 0.469. The van der Waals surface area contributed by atoms with Crippen molar-refractivity contribution >= 4 is 35.4 Å². The van der Waals surface area contributed by atoms with Crippen LogP contribution in [0.1, 0.15) is 0 Å². The van der Waals surface area contributed by atoms with Crippen molar-refractivity contribution in [3.8, 4) is 5.75 Å². The standard InChI is InChI=1S/C20H21N2OSi/c1-24(2,3)20-17-12-8-7-9-15(17)13-18-19(20)23-14-22(21-18)16-10-5-4-6-11-16/h4-13H,14H2,1-3H3/q+1. The highest BCUT2D eigenvalue weighted by atomic mass is 28.3. The van der Waals surface area contributed by atoms with Crippen LogP contribution in [0.2, 0.25) is 19.6 Å². The Bertz CT molecular complexity index is 943. The summed E-state index contributed by atoms with van der Waals surface area (Å²) in [5.41, 5.74) is 1.98. The summed E-state index contributed by atoms with van der Waals surface area (Å²) < 4.78 is 8.14. The first-order chi connectivity index (χ1) is 11.5. The summed E-state index contributed by atoms with van der Waals surface area (Å²) in [5, 5.41) is 8.77. The number of azo groups is 2. The van der Waals surface area contributed by atoms with Crippen LogP contribution in [0.3, 0.4) is 0 Å². The molecule has 0 saturated carbocycles. The van der Waals surface area contributed by atoms with Crippen LogP contribution in [-0.4, -0.2) is 19.5 Å². The van der Waals surface area contributed by atoms with Gasteiger partial charge >= 0.3 is 6.73 Å². The second kappa shape index (κ2) is 5.56. The Labute approximate surface area is 143 Å². The molecular weight excluding hydrogens is 312 g/mol. The van der Waals surface area contributed by atoms with E-state index in [4.69, 9.17) is 9.85 Å². The van der Waals surface area contributed by atoms with Crippen molar-refractivity contribution in [3.05, 3.63) is 60.7 Å². The summed E-state index contributed by atoms with van der Waals surface area (Å²) in [5.74, 6) is 0.972. The first-order valence-corrected chi connectivity index (χ1v) is 11.8. The van der Waals surface area contributed by atoms with E-state index in [0.717, 1.165) is 17.1 Å². The first kappa shape index (κ1) is 15.1. The molecule has 0 radical (unpaired) electrons. The molecule has 120 valence electrons. The Balaban J connectivity index is 1.97. The van der Waals surface area contributed by atoms with Crippen LogP contribution < -0.4 is 9.92 Å². The molecule has 0 aromatic heterocycles. The van der Waals surface area contributed by atoms with Crippen LogP contribution >= 0.6 is 0 Å². The average molecular weight is 333 g/mol. The minimum absolute atomic E-state index is 0.451. The lowest BCUT2D eigenvalue weighted by Crippen LogP contribution is -2.40. The van der Waals surface area contributed by atoms with E-state index in [0.29, 0.717) is 6.73 Å². The Hall–Kier alpha value is -2.46. The van der Waals surface area contributed by atoms with E-state index in [1.165, 1.54) is 16.0 Å². The summed E-state index contributed by atoms with van der Waals surface area (Å²) in [6.07, 6.45) is 0. The summed E-state index contributed by atoms with van der Waals surface area (Å²) in [6.45, 7) is 7.54. The second-order valence-corrected chi connectivity index (χ2v) is 12.2. The Morgan fingerprint density at radius 2 is 1.67 bits per heavy atom. The van der Waals surface area contributed by atoms with Gasteiger partial charge in [0.2, 0.25) is 5.69 Å². The lowest BCUT2D eigenvalue weighted by molar-refractivity contribution is -0.544. The molecule has 0 aliphatic carbocycles. The first-order valence-electron chi connectivity index (χ1n) is 8.27. The minimum atomic E-state index is -1.58. The fourth-order valence-corrected chi connectivity index (χ4v) is 5.21. The predicted octanol–water partition coefficient (Wildman–Crippen LogP) is 5.16. The average Bonchev–Trinajstić information content (AvgIpc) is 2.59. The number of ether oxygens (including phenoxy) is 1. The molecular formula is C20H21N2OSi+. The zero-order valence-corrected chi connectivity index (χ0v) is 15.3. The molecule has 24 heavy (non-hydrogen) atoms. The van der Waals surface area contributed by atoms with Crippen molar-refractivity contribution in [2.75, 3.05) is 6.73 Å². The van der Waals surface area contributed by atoms with Crippen molar-refractivity contribution in [2.24, 2.45) is 5.11 Å². The topological polar surface area (TPSA) is 24.6 Å². The highest BCUT2D eigenvalue weighted by Crippen LogP contribution is 2.36. The number of benzene rings is 3. The summed E-state index contributed by atoms with van der Waals surface area (Å²) in [4.78, 5) is 0. The molecule has 0 saturated heterocycles. The fraction of sp³-hybridized carbons (Fsp3) is 0.200. The van der Waals surface area contributed by atoms with Crippen LogP contribution in [-0.2, 0) is 0 Å². The molecule has 0 amide bonds. The molecule has 0 atom stereocenters. The normalized spacial score (nSPS) is 14.0. The van der Waals surface area contributed by atoms with E-state index in [2.05, 4.69) is 62.1 Å². The van der Waals surface area contributed by atoms with Gasteiger partial charge in [0.05, 0.1) is 8.07 Å². The van der Waals surface area contributed by atoms with E-state index < -0.39 is 8.07 Å². The fourth-order valence-electron chi connectivity index (χ4n) is 3.30. The molecule has 1 aliphatic rings.